The Balaban J connectivity index is 1.67. The van der Waals surface area contributed by atoms with Crippen molar-refractivity contribution in [2.45, 2.75) is 45.4 Å². The number of rotatable bonds is 5. The number of amides is 2. The number of benzene rings is 1. The van der Waals surface area contributed by atoms with Gasteiger partial charge in [-0.3, -0.25) is 9.69 Å². The summed E-state index contributed by atoms with van der Waals surface area (Å²) < 4.78 is 5.10. The minimum absolute atomic E-state index is 0.0654. The van der Waals surface area contributed by atoms with Crippen molar-refractivity contribution in [1.29, 1.82) is 0 Å². The molecule has 0 saturated carbocycles. The smallest absolute Gasteiger partial charge is 0.408 e. The van der Waals surface area contributed by atoms with E-state index in [2.05, 4.69) is 27.7 Å². The van der Waals surface area contributed by atoms with E-state index in [-0.39, 0.29) is 18.5 Å². The van der Waals surface area contributed by atoms with Gasteiger partial charge in [0, 0.05) is 25.7 Å². The van der Waals surface area contributed by atoms with Gasteiger partial charge >= 0.3 is 6.09 Å². The summed E-state index contributed by atoms with van der Waals surface area (Å²) in [4.78, 5) is 25.8. The van der Waals surface area contributed by atoms with Crippen LogP contribution in [0, 0.1) is 0 Å². The van der Waals surface area contributed by atoms with Gasteiger partial charge in [-0.15, -0.1) is 0 Å². The normalized spacial score (nSPS) is 18.2. The Kier molecular flexibility index (Phi) is 6.20. The first-order chi connectivity index (χ1) is 11.3. The summed E-state index contributed by atoms with van der Waals surface area (Å²) in [6.45, 7) is 7.96. The van der Waals surface area contributed by atoms with Crippen LogP contribution in [0.5, 0.6) is 0 Å². The minimum Gasteiger partial charge on any atom is -0.444 e. The predicted molar refractivity (Wildman–Crippen MR) is 92.5 cm³/mol. The molecule has 1 aliphatic heterocycles. The second-order valence-corrected chi connectivity index (χ2v) is 7.13. The molecule has 1 atom stereocenters. The lowest BCUT2D eigenvalue weighted by Crippen LogP contribution is -2.44. The third-order valence-corrected chi connectivity index (χ3v) is 3.68. The van der Waals surface area contributed by atoms with Crippen molar-refractivity contribution in [3.05, 3.63) is 35.9 Å². The van der Waals surface area contributed by atoms with Crippen LogP contribution < -0.4 is 10.6 Å². The molecule has 1 saturated heterocycles. The maximum Gasteiger partial charge on any atom is 0.408 e. The zero-order valence-electron chi connectivity index (χ0n) is 14.7. The summed E-state index contributed by atoms with van der Waals surface area (Å²) in [7, 11) is 0. The molecular weight excluding hydrogens is 306 g/mol. The van der Waals surface area contributed by atoms with Gasteiger partial charge in [0.15, 0.2) is 0 Å². The van der Waals surface area contributed by atoms with Gasteiger partial charge in [0.2, 0.25) is 5.91 Å². The highest BCUT2D eigenvalue weighted by molar-refractivity contribution is 5.82. The number of alkyl carbamates (subject to hydrolysis) is 1. The van der Waals surface area contributed by atoms with Gasteiger partial charge in [-0.2, -0.15) is 0 Å². The molecule has 1 aliphatic rings. The Labute approximate surface area is 143 Å². The third-order valence-electron chi connectivity index (χ3n) is 3.68. The van der Waals surface area contributed by atoms with E-state index in [1.54, 1.807) is 20.8 Å². The van der Waals surface area contributed by atoms with Gasteiger partial charge in [0.05, 0.1) is 0 Å². The van der Waals surface area contributed by atoms with E-state index in [1.807, 2.05) is 18.2 Å². The fourth-order valence-electron chi connectivity index (χ4n) is 2.68. The molecular formula is C18H27N3O3. The topological polar surface area (TPSA) is 70.7 Å². The maximum atomic E-state index is 11.9. The van der Waals surface area contributed by atoms with Gasteiger partial charge in [-0.05, 0) is 32.8 Å². The van der Waals surface area contributed by atoms with E-state index in [9.17, 15) is 9.59 Å². The summed E-state index contributed by atoms with van der Waals surface area (Å²) in [5, 5.41) is 5.44. The van der Waals surface area contributed by atoms with Crippen molar-refractivity contribution in [2.75, 3.05) is 19.6 Å². The van der Waals surface area contributed by atoms with E-state index in [0.29, 0.717) is 0 Å². The van der Waals surface area contributed by atoms with Crippen LogP contribution in [0.15, 0.2) is 30.3 Å². The van der Waals surface area contributed by atoms with Crippen molar-refractivity contribution in [3.63, 3.8) is 0 Å². The summed E-state index contributed by atoms with van der Waals surface area (Å²) in [6, 6.07) is 10.4. The van der Waals surface area contributed by atoms with Gasteiger partial charge in [-0.25, -0.2) is 4.79 Å². The van der Waals surface area contributed by atoms with Crippen molar-refractivity contribution in [2.24, 2.45) is 0 Å². The Bertz CT molecular complexity index is 554. The fourth-order valence-corrected chi connectivity index (χ4v) is 2.68. The highest BCUT2D eigenvalue weighted by Gasteiger charge is 2.24. The van der Waals surface area contributed by atoms with Crippen LogP contribution in [0.3, 0.4) is 0 Å². The number of ether oxygens (including phenoxy) is 1. The second kappa shape index (κ2) is 8.15. The number of carbonyl (C=O) groups is 2. The number of likely N-dealkylation sites (tertiary alicyclic amines) is 1. The van der Waals surface area contributed by atoms with Crippen LogP contribution in [0.2, 0.25) is 0 Å². The van der Waals surface area contributed by atoms with Gasteiger partial charge in [0.25, 0.3) is 0 Å². The van der Waals surface area contributed by atoms with E-state index in [0.717, 1.165) is 26.1 Å². The van der Waals surface area contributed by atoms with E-state index >= 15 is 0 Å². The van der Waals surface area contributed by atoms with Gasteiger partial charge < -0.3 is 15.4 Å². The largest absolute Gasteiger partial charge is 0.444 e. The Morgan fingerprint density at radius 2 is 1.96 bits per heavy atom. The standard InChI is InChI=1S/C18H27N3O3/c1-18(2,3)24-17(23)19-11-16(22)20-15-9-10-21(13-15)12-14-7-5-4-6-8-14/h4-8,15H,9-13H2,1-3H3,(H,19,23)(H,20,22)/t15-/m1/s1. The summed E-state index contributed by atoms with van der Waals surface area (Å²) in [6.07, 6.45) is 0.347. The number of nitrogens with zero attached hydrogens (tertiary/aromatic N) is 1. The molecule has 2 rings (SSSR count). The molecule has 1 aromatic rings. The molecule has 1 fully saturated rings. The summed E-state index contributed by atoms with van der Waals surface area (Å²) in [5.41, 5.74) is 0.709. The van der Waals surface area contributed by atoms with Crippen LogP contribution in [0.25, 0.3) is 0 Å². The molecule has 1 heterocycles. The Morgan fingerprint density at radius 1 is 1.25 bits per heavy atom. The van der Waals surface area contributed by atoms with Gasteiger partial charge in [-0.1, -0.05) is 30.3 Å². The minimum atomic E-state index is -0.574. The molecule has 6 nitrogen and oxygen atoms in total. The van der Waals surface area contributed by atoms with Crippen molar-refractivity contribution < 1.29 is 14.3 Å². The molecule has 1 aromatic carbocycles. The van der Waals surface area contributed by atoms with Crippen LogP contribution in [-0.4, -0.2) is 48.2 Å². The van der Waals surface area contributed by atoms with E-state index in [4.69, 9.17) is 4.74 Å². The lowest BCUT2D eigenvalue weighted by Gasteiger charge is -2.20. The maximum absolute atomic E-state index is 11.9. The molecule has 2 N–H and O–H groups in total. The Hall–Kier alpha value is -2.08. The third kappa shape index (κ3) is 6.58. The first-order valence-electron chi connectivity index (χ1n) is 8.34. The van der Waals surface area contributed by atoms with E-state index in [1.165, 1.54) is 5.56 Å². The van der Waals surface area contributed by atoms with Gasteiger partial charge in [0.1, 0.15) is 12.1 Å². The SMILES string of the molecule is CC(C)(C)OC(=O)NCC(=O)N[C@@H]1CCN(Cc2ccccc2)C1. The molecule has 24 heavy (non-hydrogen) atoms. The molecule has 0 radical (unpaired) electrons. The first kappa shape index (κ1) is 18.3. The average molecular weight is 333 g/mol. The van der Waals surface area contributed by atoms with E-state index < -0.39 is 11.7 Å². The molecule has 0 aliphatic carbocycles. The predicted octanol–water partition coefficient (Wildman–Crippen LogP) is 1.90. The molecule has 6 heteroatoms. The molecule has 0 spiro atoms. The molecule has 132 valence electrons. The van der Waals surface area contributed by atoms with Crippen molar-refractivity contribution in [3.8, 4) is 0 Å². The fraction of sp³-hybridized carbons (Fsp3) is 0.556. The van der Waals surface area contributed by atoms with Crippen molar-refractivity contribution >= 4 is 12.0 Å². The summed E-state index contributed by atoms with van der Waals surface area (Å²) >= 11 is 0. The molecule has 2 amide bonds. The molecule has 0 aromatic heterocycles. The highest BCUT2D eigenvalue weighted by atomic mass is 16.6. The first-order valence-corrected chi connectivity index (χ1v) is 8.34. The lowest BCUT2D eigenvalue weighted by atomic mass is 10.2. The van der Waals surface area contributed by atoms with Crippen LogP contribution in [-0.2, 0) is 16.1 Å². The average Bonchev–Trinajstić information content (AvgIpc) is 2.91. The quantitative estimate of drug-likeness (QED) is 0.863. The van der Waals surface area contributed by atoms with Crippen LogP contribution >= 0.6 is 0 Å². The number of hydrogen-bond donors (Lipinski definition) is 2. The second-order valence-electron chi connectivity index (χ2n) is 7.13. The van der Waals surface area contributed by atoms with Crippen LogP contribution in [0.4, 0.5) is 4.79 Å². The zero-order valence-corrected chi connectivity index (χ0v) is 14.7. The zero-order chi connectivity index (χ0) is 17.6. The highest BCUT2D eigenvalue weighted by Crippen LogP contribution is 2.13. The molecule has 0 bridgehead atoms. The summed E-state index contributed by atoms with van der Waals surface area (Å²) in [5.74, 6) is -0.188. The number of nitrogens with one attached hydrogen (secondary N) is 2. The lowest BCUT2D eigenvalue weighted by molar-refractivity contribution is -0.120. The monoisotopic (exact) mass is 333 g/mol. The molecule has 0 unspecified atom stereocenters. The van der Waals surface area contributed by atoms with Crippen LogP contribution in [0.1, 0.15) is 32.8 Å². The van der Waals surface area contributed by atoms with Crippen molar-refractivity contribution in [1.82, 2.24) is 15.5 Å². The Morgan fingerprint density at radius 3 is 2.62 bits per heavy atom. The number of carbonyl (C=O) groups excluding carboxylic acids is 2. The number of hydrogen-bond acceptors (Lipinski definition) is 4.